The van der Waals surface area contributed by atoms with Crippen LogP contribution in [-0.4, -0.2) is 41.0 Å². The topological polar surface area (TPSA) is 84.1 Å². The molecular weight excluding hydrogens is 372 g/mol. The molecule has 0 unspecified atom stereocenters. The summed E-state index contributed by atoms with van der Waals surface area (Å²) in [5.74, 6) is -1.41. The minimum Gasteiger partial charge on any atom is -0.354 e. The zero-order valence-electron chi connectivity index (χ0n) is 14.3. The number of hydrogen-bond acceptors (Lipinski definition) is 6. The first-order valence-electron chi connectivity index (χ1n) is 8.40. The number of benzene rings is 1. The number of halogens is 2. The average Bonchev–Trinajstić information content (AvgIpc) is 3.26. The zero-order valence-corrected chi connectivity index (χ0v) is 15.1. The van der Waals surface area contributed by atoms with Crippen LogP contribution in [0.3, 0.4) is 0 Å². The highest BCUT2D eigenvalue weighted by Crippen LogP contribution is 2.31. The Bertz CT molecular complexity index is 1010. The molecule has 3 N–H and O–H groups in total. The van der Waals surface area contributed by atoms with Crippen LogP contribution in [0.1, 0.15) is 16.8 Å². The highest BCUT2D eigenvalue weighted by atomic mass is 32.1. The summed E-state index contributed by atoms with van der Waals surface area (Å²) in [6.07, 6.45) is 2.18. The summed E-state index contributed by atoms with van der Waals surface area (Å²) in [7, 11) is 0. The average molecular weight is 389 g/mol. The van der Waals surface area contributed by atoms with Crippen LogP contribution in [0.15, 0.2) is 36.0 Å². The number of carbonyl (C=O) groups excluding carboxylic acids is 1. The van der Waals surface area contributed by atoms with E-state index in [4.69, 9.17) is 5.73 Å². The van der Waals surface area contributed by atoms with Gasteiger partial charge in [0.25, 0.3) is 5.91 Å². The molecule has 3 heterocycles. The fourth-order valence-corrected chi connectivity index (χ4v) is 4.00. The standard InChI is InChI=1S/C18H17F2N5OS/c19-11-1-2-12(14(20)7-11)16(26)22-8-18(21)4-5-25(9-18)15-13-3-6-27-17(13)24-10-23-15/h1-3,6-7,10H,4-5,8-9,21H2,(H,22,26)/t18-/m0/s1. The lowest BCUT2D eigenvalue weighted by Crippen LogP contribution is -2.52. The van der Waals surface area contributed by atoms with Gasteiger partial charge in [0.1, 0.15) is 28.6 Å². The number of nitrogens with zero attached hydrogens (tertiary/aromatic N) is 3. The molecule has 4 rings (SSSR count). The SMILES string of the molecule is N[C@]1(CNC(=O)c2ccc(F)cc2F)CCN(c2ncnc3sccc23)C1. The van der Waals surface area contributed by atoms with Crippen LogP contribution in [-0.2, 0) is 0 Å². The summed E-state index contributed by atoms with van der Waals surface area (Å²) in [4.78, 5) is 23.8. The van der Waals surface area contributed by atoms with E-state index in [2.05, 4.69) is 20.2 Å². The van der Waals surface area contributed by atoms with Crippen molar-refractivity contribution in [3.63, 3.8) is 0 Å². The molecule has 27 heavy (non-hydrogen) atoms. The second-order valence-corrected chi connectivity index (χ2v) is 7.57. The Morgan fingerprint density at radius 2 is 2.19 bits per heavy atom. The van der Waals surface area contributed by atoms with E-state index in [-0.39, 0.29) is 12.1 Å². The van der Waals surface area contributed by atoms with Gasteiger partial charge in [-0.15, -0.1) is 11.3 Å². The molecule has 0 radical (unpaired) electrons. The van der Waals surface area contributed by atoms with Crippen LogP contribution in [0, 0.1) is 11.6 Å². The summed E-state index contributed by atoms with van der Waals surface area (Å²) in [5, 5.41) is 5.60. The number of nitrogens with one attached hydrogen (secondary N) is 1. The predicted octanol–water partition coefficient (Wildman–Crippen LogP) is 2.31. The number of thiophene rings is 1. The number of fused-ring (bicyclic) bond motifs is 1. The normalized spacial score (nSPS) is 19.6. The van der Waals surface area contributed by atoms with Crippen molar-refractivity contribution in [3.05, 3.63) is 53.2 Å². The molecule has 1 fully saturated rings. The third kappa shape index (κ3) is 3.47. The van der Waals surface area contributed by atoms with Gasteiger partial charge in [0, 0.05) is 25.7 Å². The van der Waals surface area contributed by atoms with Gasteiger partial charge in [-0.3, -0.25) is 4.79 Å². The van der Waals surface area contributed by atoms with Crippen LogP contribution in [0.5, 0.6) is 0 Å². The lowest BCUT2D eigenvalue weighted by molar-refractivity contribution is 0.0941. The Hall–Kier alpha value is -2.65. The minimum absolute atomic E-state index is 0.178. The van der Waals surface area contributed by atoms with Gasteiger partial charge in [0.05, 0.1) is 16.5 Å². The summed E-state index contributed by atoms with van der Waals surface area (Å²) in [5.41, 5.74) is 5.57. The van der Waals surface area contributed by atoms with E-state index in [1.165, 1.54) is 6.33 Å². The first-order valence-corrected chi connectivity index (χ1v) is 9.28. The molecule has 1 aliphatic heterocycles. The number of amides is 1. The Kier molecular flexibility index (Phi) is 4.48. The lowest BCUT2D eigenvalue weighted by Gasteiger charge is -2.25. The quantitative estimate of drug-likeness (QED) is 0.715. The van der Waals surface area contributed by atoms with Crippen molar-refractivity contribution in [1.29, 1.82) is 0 Å². The molecule has 6 nitrogen and oxygen atoms in total. The van der Waals surface area contributed by atoms with E-state index in [1.54, 1.807) is 11.3 Å². The van der Waals surface area contributed by atoms with Crippen molar-refractivity contribution in [2.24, 2.45) is 5.73 Å². The molecule has 1 aromatic carbocycles. The molecule has 3 aromatic rings. The maximum Gasteiger partial charge on any atom is 0.254 e. The van der Waals surface area contributed by atoms with Crippen molar-refractivity contribution < 1.29 is 13.6 Å². The molecule has 1 saturated heterocycles. The third-order valence-electron chi connectivity index (χ3n) is 4.70. The zero-order chi connectivity index (χ0) is 19.0. The summed E-state index contributed by atoms with van der Waals surface area (Å²) >= 11 is 1.55. The van der Waals surface area contributed by atoms with Crippen LogP contribution in [0.25, 0.3) is 10.2 Å². The number of hydrogen-bond donors (Lipinski definition) is 2. The van der Waals surface area contributed by atoms with E-state index < -0.39 is 23.1 Å². The number of nitrogens with two attached hydrogens (primary N) is 1. The fourth-order valence-electron chi connectivity index (χ4n) is 3.28. The monoisotopic (exact) mass is 389 g/mol. The third-order valence-corrected chi connectivity index (χ3v) is 5.52. The van der Waals surface area contributed by atoms with E-state index in [0.717, 1.165) is 28.2 Å². The maximum absolute atomic E-state index is 13.7. The summed E-state index contributed by atoms with van der Waals surface area (Å²) in [6.45, 7) is 1.37. The van der Waals surface area contributed by atoms with Crippen molar-refractivity contribution in [2.75, 3.05) is 24.5 Å². The Morgan fingerprint density at radius 1 is 1.33 bits per heavy atom. The predicted molar refractivity (Wildman–Crippen MR) is 99.9 cm³/mol. The Balaban J connectivity index is 1.44. The van der Waals surface area contributed by atoms with Gasteiger partial charge in [-0.1, -0.05) is 0 Å². The number of rotatable bonds is 4. The van der Waals surface area contributed by atoms with E-state index >= 15 is 0 Å². The smallest absolute Gasteiger partial charge is 0.254 e. The second kappa shape index (κ2) is 6.82. The molecule has 0 bridgehead atoms. The molecular formula is C18H17F2N5OS. The highest BCUT2D eigenvalue weighted by Gasteiger charge is 2.36. The Labute approximate surface area is 158 Å². The number of anilines is 1. The van der Waals surface area contributed by atoms with Crippen molar-refractivity contribution in [2.45, 2.75) is 12.0 Å². The van der Waals surface area contributed by atoms with Gasteiger partial charge in [0.15, 0.2) is 0 Å². The van der Waals surface area contributed by atoms with Gasteiger partial charge in [-0.25, -0.2) is 18.7 Å². The molecule has 1 aliphatic rings. The van der Waals surface area contributed by atoms with Gasteiger partial charge < -0.3 is 16.0 Å². The molecule has 1 atom stereocenters. The van der Waals surface area contributed by atoms with E-state index in [9.17, 15) is 13.6 Å². The lowest BCUT2D eigenvalue weighted by atomic mass is 10.00. The van der Waals surface area contributed by atoms with Gasteiger partial charge in [-0.05, 0) is 30.0 Å². The van der Waals surface area contributed by atoms with Crippen molar-refractivity contribution >= 4 is 33.3 Å². The van der Waals surface area contributed by atoms with E-state index in [0.29, 0.717) is 25.6 Å². The van der Waals surface area contributed by atoms with Crippen LogP contribution < -0.4 is 16.0 Å². The van der Waals surface area contributed by atoms with Gasteiger partial charge in [-0.2, -0.15) is 0 Å². The molecule has 0 saturated carbocycles. The molecule has 0 spiro atoms. The first-order chi connectivity index (χ1) is 13.0. The molecule has 0 aliphatic carbocycles. The van der Waals surface area contributed by atoms with E-state index in [1.807, 2.05) is 11.4 Å². The van der Waals surface area contributed by atoms with Crippen LogP contribution in [0.2, 0.25) is 0 Å². The number of aromatic nitrogens is 2. The van der Waals surface area contributed by atoms with Crippen LogP contribution >= 0.6 is 11.3 Å². The molecule has 2 aromatic heterocycles. The summed E-state index contributed by atoms with van der Waals surface area (Å²) < 4.78 is 26.7. The van der Waals surface area contributed by atoms with Gasteiger partial charge in [0.2, 0.25) is 0 Å². The second-order valence-electron chi connectivity index (χ2n) is 6.68. The summed E-state index contributed by atoms with van der Waals surface area (Å²) in [6, 6.07) is 4.84. The molecule has 1 amide bonds. The van der Waals surface area contributed by atoms with Crippen LogP contribution in [0.4, 0.5) is 14.6 Å². The molecule has 9 heteroatoms. The number of carbonyl (C=O) groups is 1. The molecule has 140 valence electrons. The van der Waals surface area contributed by atoms with Gasteiger partial charge >= 0.3 is 0 Å². The van der Waals surface area contributed by atoms with Crippen molar-refractivity contribution in [1.82, 2.24) is 15.3 Å². The fraction of sp³-hybridized carbons (Fsp3) is 0.278. The highest BCUT2D eigenvalue weighted by molar-refractivity contribution is 7.16. The maximum atomic E-state index is 13.7. The van der Waals surface area contributed by atoms with Crippen molar-refractivity contribution in [3.8, 4) is 0 Å². The first kappa shape index (κ1) is 17.7. The largest absolute Gasteiger partial charge is 0.354 e. The minimum atomic E-state index is -0.896. The Morgan fingerprint density at radius 3 is 3.00 bits per heavy atom.